The number of hydrogen-bond donors (Lipinski definition) is 1. The molecule has 4 rings (SSSR count). The number of hydrogen-bond acceptors (Lipinski definition) is 7. The Bertz CT molecular complexity index is 1200. The van der Waals surface area contributed by atoms with Gasteiger partial charge in [0.2, 0.25) is 5.91 Å². The van der Waals surface area contributed by atoms with Gasteiger partial charge >= 0.3 is 5.97 Å². The van der Waals surface area contributed by atoms with E-state index in [0.717, 1.165) is 24.1 Å². The summed E-state index contributed by atoms with van der Waals surface area (Å²) in [5.74, 6) is -1.36. The van der Waals surface area contributed by atoms with Gasteiger partial charge in [0.25, 0.3) is 0 Å². The van der Waals surface area contributed by atoms with Crippen molar-refractivity contribution in [3.8, 4) is 6.07 Å². The van der Waals surface area contributed by atoms with E-state index < -0.39 is 11.9 Å². The maximum absolute atomic E-state index is 12.2. The zero-order valence-corrected chi connectivity index (χ0v) is 17.7. The fourth-order valence-corrected chi connectivity index (χ4v) is 3.83. The van der Waals surface area contributed by atoms with E-state index in [9.17, 15) is 14.9 Å². The summed E-state index contributed by atoms with van der Waals surface area (Å²) < 4.78 is 4.80. The van der Waals surface area contributed by atoms with Gasteiger partial charge in [0.1, 0.15) is 5.69 Å². The first kappa shape index (κ1) is 21.2. The molecule has 0 spiro atoms. The molecule has 0 aliphatic carbocycles. The minimum atomic E-state index is -1.20. The van der Waals surface area contributed by atoms with Gasteiger partial charge in [-0.1, -0.05) is 36.4 Å². The average molecular weight is 429 g/mol. The molecule has 1 aromatic heterocycles. The standard InChI is InChI=1S/C24H23N5O3/c1-32-24(31)18(13-25)22-23(28-20-10-5-4-9-19(20)27-22)26-14-16-7-2-3-8-17(16)15-29-12-6-11-21(29)30/h2-5,7-10,18H,6,11-12,14-15H2,1H3,(H,26,28)/t18-/m0/s1. The summed E-state index contributed by atoms with van der Waals surface area (Å²) in [6.45, 7) is 1.72. The molecule has 0 saturated carbocycles. The molecule has 162 valence electrons. The van der Waals surface area contributed by atoms with E-state index in [1.807, 2.05) is 53.4 Å². The van der Waals surface area contributed by atoms with E-state index in [0.29, 0.717) is 36.4 Å². The van der Waals surface area contributed by atoms with Crippen molar-refractivity contribution < 1.29 is 14.3 Å². The van der Waals surface area contributed by atoms with Crippen LogP contribution in [0.1, 0.15) is 35.6 Å². The van der Waals surface area contributed by atoms with Crippen LogP contribution < -0.4 is 5.32 Å². The Hall–Kier alpha value is -3.99. The third-order valence-corrected chi connectivity index (χ3v) is 5.53. The second-order valence-electron chi connectivity index (χ2n) is 7.57. The number of para-hydroxylation sites is 2. The SMILES string of the molecule is COC(=O)[C@@H](C#N)c1nc2ccccc2nc1NCc1ccccc1CN1CCCC1=O. The number of aromatic nitrogens is 2. The van der Waals surface area contributed by atoms with E-state index in [4.69, 9.17) is 4.74 Å². The fraction of sp³-hybridized carbons (Fsp3) is 0.292. The Kier molecular flexibility index (Phi) is 6.26. The normalized spacial score (nSPS) is 14.2. The number of fused-ring (bicyclic) bond motifs is 1. The summed E-state index contributed by atoms with van der Waals surface area (Å²) in [4.78, 5) is 35.3. The summed E-state index contributed by atoms with van der Waals surface area (Å²) in [7, 11) is 1.24. The molecule has 2 aromatic carbocycles. The molecule has 1 aliphatic rings. The molecule has 8 heteroatoms. The summed E-state index contributed by atoms with van der Waals surface area (Å²) in [6.07, 6.45) is 1.48. The number of rotatable bonds is 7. The molecule has 32 heavy (non-hydrogen) atoms. The Morgan fingerprint density at radius 3 is 2.50 bits per heavy atom. The van der Waals surface area contributed by atoms with Crippen molar-refractivity contribution >= 4 is 28.7 Å². The molecule has 3 aromatic rings. The second kappa shape index (κ2) is 9.43. The average Bonchev–Trinajstić information content (AvgIpc) is 3.22. The Morgan fingerprint density at radius 2 is 1.84 bits per heavy atom. The van der Waals surface area contributed by atoms with E-state index in [1.165, 1.54) is 7.11 Å². The first-order valence-corrected chi connectivity index (χ1v) is 10.4. The van der Waals surface area contributed by atoms with Crippen molar-refractivity contribution in [1.29, 1.82) is 5.26 Å². The monoisotopic (exact) mass is 429 g/mol. The minimum absolute atomic E-state index is 0.172. The highest BCUT2D eigenvalue weighted by atomic mass is 16.5. The van der Waals surface area contributed by atoms with Crippen LogP contribution in [0.5, 0.6) is 0 Å². The number of amides is 1. The number of nitrogens with zero attached hydrogens (tertiary/aromatic N) is 4. The fourth-order valence-electron chi connectivity index (χ4n) is 3.83. The largest absolute Gasteiger partial charge is 0.468 e. The summed E-state index contributed by atoms with van der Waals surface area (Å²) in [6, 6.07) is 17.1. The smallest absolute Gasteiger partial charge is 0.329 e. The van der Waals surface area contributed by atoms with E-state index in [1.54, 1.807) is 6.07 Å². The van der Waals surface area contributed by atoms with Crippen LogP contribution in [0.3, 0.4) is 0 Å². The molecule has 1 N–H and O–H groups in total. The van der Waals surface area contributed by atoms with Crippen LogP contribution in [0.2, 0.25) is 0 Å². The van der Waals surface area contributed by atoms with Crippen molar-refractivity contribution in [2.75, 3.05) is 19.0 Å². The van der Waals surface area contributed by atoms with Crippen LogP contribution in [0, 0.1) is 11.3 Å². The van der Waals surface area contributed by atoms with E-state index >= 15 is 0 Å². The Morgan fingerprint density at radius 1 is 1.16 bits per heavy atom. The maximum atomic E-state index is 12.2. The number of likely N-dealkylation sites (tertiary alicyclic amines) is 1. The van der Waals surface area contributed by atoms with Gasteiger partial charge in [-0.3, -0.25) is 9.59 Å². The lowest BCUT2D eigenvalue weighted by Gasteiger charge is -2.19. The quantitative estimate of drug-likeness (QED) is 0.575. The van der Waals surface area contributed by atoms with Crippen LogP contribution in [0.4, 0.5) is 5.82 Å². The topological polar surface area (TPSA) is 108 Å². The number of carbonyl (C=O) groups is 2. The molecule has 1 amide bonds. The third kappa shape index (κ3) is 4.37. The molecule has 8 nitrogen and oxygen atoms in total. The van der Waals surface area contributed by atoms with Crippen molar-refractivity contribution in [2.24, 2.45) is 0 Å². The van der Waals surface area contributed by atoms with Crippen molar-refractivity contribution in [3.63, 3.8) is 0 Å². The van der Waals surface area contributed by atoms with E-state index in [-0.39, 0.29) is 11.6 Å². The molecular weight excluding hydrogens is 406 g/mol. The lowest BCUT2D eigenvalue weighted by atomic mass is 10.1. The van der Waals surface area contributed by atoms with Gasteiger partial charge in [-0.05, 0) is 29.7 Å². The predicted molar refractivity (Wildman–Crippen MR) is 118 cm³/mol. The molecule has 2 heterocycles. The molecule has 1 saturated heterocycles. The molecule has 1 aliphatic heterocycles. The lowest BCUT2D eigenvalue weighted by molar-refractivity contribution is -0.141. The first-order valence-electron chi connectivity index (χ1n) is 10.4. The van der Waals surface area contributed by atoms with Gasteiger partial charge in [-0.25, -0.2) is 9.97 Å². The second-order valence-corrected chi connectivity index (χ2v) is 7.57. The van der Waals surface area contributed by atoms with E-state index in [2.05, 4.69) is 15.3 Å². The van der Waals surface area contributed by atoms with Crippen LogP contribution in [-0.2, 0) is 27.4 Å². The van der Waals surface area contributed by atoms with Crippen LogP contribution >= 0.6 is 0 Å². The van der Waals surface area contributed by atoms with Gasteiger partial charge in [0.15, 0.2) is 11.7 Å². The number of esters is 1. The molecule has 1 fully saturated rings. The third-order valence-electron chi connectivity index (χ3n) is 5.53. The van der Waals surface area contributed by atoms with Gasteiger partial charge in [-0.2, -0.15) is 5.26 Å². The highest BCUT2D eigenvalue weighted by Crippen LogP contribution is 2.26. The van der Waals surface area contributed by atoms with Gasteiger partial charge in [0.05, 0.1) is 24.2 Å². The minimum Gasteiger partial charge on any atom is -0.468 e. The first-order chi connectivity index (χ1) is 15.6. The number of nitrogens with one attached hydrogen (secondary N) is 1. The number of anilines is 1. The van der Waals surface area contributed by atoms with Gasteiger partial charge < -0.3 is 15.0 Å². The molecule has 0 radical (unpaired) electrons. The highest BCUT2D eigenvalue weighted by Gasteiger charge is 2.27. The number of nitriles is 1. The van der Waals surface area contributed by atoms with Gasteiger partial charge in [0, 0.05) is 26.1 Å². The highest BCUT2D eigenvalue weighted by molar-refractivity contribution is 5.85. The summed E-state index contributed by atoms with van der Waals surface area (Å²) >= 11 is 0. The van der Waals surface area contributed by atoms with Crippen molar-refractivity contribution in [3.05, 3.63) is 65.4 Å². The Balaban J connectivity index is 1.65. The van der Waals surface area contributed by atoms with Gasteiger partial charge in [-0.15, -0.1) is 0 Å². The van der Waals surface area contributed by atoms with Crippen LogP contribution in [0.25, 0.3) is 11.0 Å². The zero-order chi connectivity index (χ0) is 22.5. The molecule has 0 bridgehead atoms. The number of carbonyl (C=O) groups excluding carboxylic acids is 2. The molecular formula is C24H23N5O3. The number of methoxy groups -OCH3 is 1. The van der Waals surface area contributed by atoms with Crippen LogP contribution in [-0.4, -0.2) is 40.4 Å². The van der Waals surface area contributed by atoms with Crippen molar-refractivity contribution in [1.82, 2.24) is 14.9 Å². The number of benzene rings is 2. The summed E-state index contributed by atoms with van der Waals surface area (Å²) in [5.41, 5.74) is 3.50. The lowest BCUT2D eigenvalue weighted by Crippen LogP contribution is -2.24. The van der Waals surface area contributed by atoms with Crippen molar-refractivity contribution in [2.45, 2.75) is 31.8 Å². The predicted octanol–water partition coefficient (Wildman–Crippen LogP) is 3.14. The number of ether oxygens (including phenoxy) is 1. The zero-order valence-electron chi connectivity index (χ0n) is 17.7. The van der Waals surface area contributed by atoms with Crippen LogP contribution in [0.15, 0.2) is 48.5 Å². The molecule has 1 atom stereocenters. The maximum Gasteiger partial charge on any atom is 0.329 e. The Labute approximate surface area is 185 Å². The molecule has 0 unspecified atom stereocenters. The summed E-state index contributed by atoms with van der Waals surface area (Å²) in [5, 5.41) is 12.9.